The fourth-order valence-corrected chi connectivity index (χ4v) is 3.60. The molecular formula is C17H21FN4O3. The molecule has 1 aromatic rings. The van der Waals surface area contributed by atoms with Gasteiger partial charge in [-0.3, -0.25) is 14.4 Å². The number of likely N-dealkylation sites (tertiary alicyclic amines) is 2. The van der Waals surface area contributed by atoms with Gasteiger partial charge >= 0.3 is 0 Å². The van der Waals surface area contributed by atoms with Gasteiger partial charge in [-0.1, -0.05) is 0 Å². The van der Waals surface area contributed by atoms with Crippen molar-refractivity contribution >= 4 is 17.7 Å². The molecule has 3 rings (SSSR count). The predicted molar refractivity (Wildman–Crippen MR) is 87.1 cm³/mol. The average Bonchev–Trinajstić information content (AvgIpc) is 3.00. The molecule has 0 spiro atoms. The van der Waals surface area contributed by atoms with E-state index in [2.05, 4.69) is 4.98 Å². The molecule has 134 valence electrons. The van der Waals surface area contributed by atoms with E-state index >= 15 is 0 Å². The molecule has 0 aromatic carbocycles. The van der Waals surface area contributed by atoms with Gasteiger partial charge < -0.3 is 14.7 Å². The van der Waals surface area contributed by atoms with Gasteiger partial charge in [0.2, 0.25) is 17.8 Å². The smallest absolute Gasteiger partial charge is 0.254 e. The molecule has 1 aromatic heterocycles. The Morgan fingerprint density at radius 2 is 2.08 bits per heavy atom. The molecule has 7 nitrogen and oxygen atoms in total. The zero-order valence-corrected chi connectivity index (χ0v) is 14.3. The number of carbonyl (C=O) groups excluding carboxylic acids is 3. The highest BCUT2D eigenvalue weighted by molar-refractivity contribution is 5.95. The Balaban J connectivity index is 1.78. The van der Waals surface area contributed by atoms with Crippen LogP contribution in [0, 0.1) is 5.95 Å². The van der Waals surface area contributed by atoms with E-state index < -0.39 is 5.95 Å². The fourth-order valence-electron chi connectivity index (χ4n) is 3.60. The number of amides is 3. The number of aromatic nitrogens is 1. The van der Waals surface area contributed by atoms with Gasteiger partial charge in [-0.25, -0.2) is 4.98 Å². The van der Waals surface area contributed by atoms with Crippen LogP contribution in [0.4, 0.5) is 4.39 Å². The first-order valence-electron chi connectivity index (χ1n) is 8.30. The lowest BCUT2D eigenvalue weighted by Gasteiger charge is -2.39. The van der Waals surface area contributed by atoms with Crippen LogP contribution in [0.3, 0.4) is 0 Å². The minimum atomic E-state index is -0.696. The first-order valence-corrected chi connectivity index (χ1v) is 8.30. The van der Waals surface area contributed by atoms with Crippen molar-refractivity contribution in [1.29, 1.82) is 0 Å². The second kappa shape index (κ2) is 6.78. The standard InChI is InChI=1S/C17H21FN4O3/c1-20(2)16(24)10-22-13-6-8-21(12(13)3-4-15(22)23)17(25)11-5-7-19-14(18)9-11/h5,7,9,12-13H,3-4,6,8,10H2,1-2H3/t12-,13-/m1/s1. The molecule has 2 saturated heterocycles. The van der Waals surface area contributed by atoms with Crippen molar-refractivity contribution in [3.63, 3.8) is 0 Å². The number of hydrogen-bond acceptors (Lipinski definition) is 4. The summed E-state index contributed by atoms with van der Waals surface area (Å²) in [5.41, 5.74) is 0.251. The van der Waals surface area contributed by atoms with Crippen LogP contribution in [0.2, 0.25) is 0 Å². The van der Waals surface area contributed by atoms with Crippen LogP contribution in [-0.2, 0) is 9.59 Å². The third-order valence-corrected chi connectivity index (χ3v) is 4.92. The number of likely N-dealkylation sites (N-methyl/N-ethyl adjacent to an activating group) is 1. The van der Waals surface area contributed by atoms with Crippen LogP contribution in [0.25, 0.3) is 0 Å². The van der Waals surface area contributed by atoms with E-state index in [1.165, 1.54) is 17.2 Å². The predicted octanol–water partition coefficient (Wildman–Crippen LogP) is 0.514. The second-order valence-electron chi connectivity index (χ2n) is 6.64. The quantitative estimate of drug-likeness (QED) is 0.746. The summed E-state index contributed by atoms with van der Waals surface area (Å²) in [6, 6.07) is 2.30. The lowest BCUT2D eigenvalue weighted by Crippen LogP contribution is -2.55. The van der Waals surface area contributed by atoms with Gasteiger partial charge in [-0.05, 0) is 18.9 Å². The van der Waals surface area contributed by atoms with E-state index in [1.54, 1.807) is 23.9 Å². The Labute approximate surface area is 145 Å². The number of nitrogens with zero attached hydrogens (tertiary/aromatic N) is 4. The third-order valence-electron chi connectivity index (χ3n) is 4.92. The second-order valence-corrected chi connectivity index (χ2v) is 6.64. The molecule has 0 N–H and O–H groups in total. The van der Waals surface area contributed by atoms with Crippen molar-refractivity contribution in [3.05, 3.63) is 29.8 Å². The van der Waals surface area contributed by atoms with Crippen LogP contribution < -0.4 is 0 Å². The highest BCUT2D eigenvalue weighted by Gasteiger charge is 2.45. The zero-order valence-electron chi connectivity index (χ0n) is 14.3. The van der Waals surface area contributed by atoms with E-state index in [0.717, 1.165) is 6.07 Å². The first kappa shape index (κ1) is 17.3. The lowest BCUT2D eigenvalue weighted by molar-refractivity contribution is -0.144. The molecule has 2 fully saturated rings. The fraction of sp³-hybridized carbons (Fsp3) is 0.529. The van der Waals surface area contributed by atoms with Crippen LogP contribution in [0.1, 0.15) is 29.6 Å². The molecule has 8 heteroatoms. The number of halogens is 1. The van der Waals surface area contributed by atoms with Gasteiger partial charge in [-0.15, -0.1) is 0 Å². The summed E-state index contributed by atoms with van der Waals surface area (Å²) in [6.07, 6.45) is 2.75. The van der Waals surface area contributed by atoms with E-state index in [4.69, 9.17) is 0 Å². The van der Waals surface area contributed by atoms with Gasteiger partial charge in [0.1, 0.15) is 6.54 Å². The van der Waals surface area contributed by atoms with Crippen LogP contribution in [0.15, 0.2) is 18.3 Å². The monoisotopic (exact) mass is 348 g/mol. The molecule has 0 bridgehead atoms. The lowest BCUT2D eigenvalue weighted by atomic mass is 9.96. The molecule has 3 amide bonds. The summed E-state index contributed by atoms with van der Waals surface area (Å²) >= 11 is 0. The maximum atomic E-state index is 13.3. The summed E-state index contributed by atoms with van der Waals surface area (Å²) in [5, 5.41) is 0. The van der Waals surface area contributed by atoms with Crippen molar-refractivity contribution in [2.45, 2.75) is 31.3 Å². The highest BCUT2D eigenvalue weighted by Crippen LogP contribution is 2.32. The molecule has 2 aliphatic rings. The summed E-state index contributed by atoms with van der Waals surface area (Å²) in [4.78, 5) is 45.2. The average molecular weight is 348 g/mol. The van der Waals surface area contributed by atoms with Crippen molar-refractivity contribution in [3.8, 4) is 0 Å². The van der Waals surface area contributed by atoms with Gasteiger partial charge in [0, 0.05) is 44.9 Å². The van der Waals surface area contributed by atoms with Crippen molar-refractivity contribution in [2.75, 3.05) is 27.2 Å². The Hall–Kier alpha value is -2.51. The van der Waals surface area contributed by atoms with Gasteiger partial charge in [0.15, 0.2) is 0 Å². The number of pyridine rings is 1. The van der Waals surface area contributed by atoms with Gasteiger partial charge in [0.05, 0.1) is 12.1 Å². The molecule has 0 unspecified atom stereocenters. The normalized spacial score (nSPS) is 22.8. The minimum absolute atomic E-state index is 0.0267. The molecule has 0 radical (unpaired) electrons. The Morgan fingerprint density at radius 1 is 1.32 bits per heavy atom. The molecule has 0 aliphatic carbocycles. The largest absolute Gasteiger partial charge is 0.347 e. The van der Waals surface area contributed by atoms with E-state index in [-0.39, 0.29) is 41.9 Å². The van der Waals surface area contributed by atoms with Crippen LogP contribution in [0.5, 0.6) is 0 Å². The first-order chi connectivity index (χ1) is 11.9. The molecule has 2 atom stereocenters. The molecule has 0 saturated carbocycles. The van der Waals surface area contributed by atoms with E-state index in [9.17, 15) is 18.8 Å². The summed E-state index contributed by atoms with van der Waals surface area (Å²) < 4.78 is 13.3. The SMILES string of the molecule is CN(C)C(=O)CN1C(=O)CC[C@@H]2[C@H]1CCN2C(=O)c1ccnc(F)c1. The molecular weight excluding hydrogens is 327 g/mol. The van der Waals surface area contributed by atoms with E-state index in [0.29, 0.717) is 25.8 Å². The highest BCUT2D eigenvalue weighted by atomic mass is 19.1. The topological polar surface area (TPSA) is 73.8 Å². The summed E-state index contributed by atoms with van der Waals surface area (Å²) in [5.74, 6) is -1.16. The van der Waals surface area contributed by atoms with Crippen LogP contribution in [-0.4, -0.2) is 76.7 Å². The van der Waals surface area contributed by atoms with Crippen molar-refractivity contribution in [1.82, 2.24) is 19.7 Å². The third kappa shape index (κ3) is 3.33. The Kier molecular flexibility index (Phi) is 4.69. The summed E-state index contributed by atoms with van der Waals surface area (Å²) in [7, 11) is 3.30. The molecule has 3 heterocycles. The minimum Gasteiger partial charge on any atom is -0.347 e. The van der Waals surface area contributed by atoms with Gasteiger partial charge in [0.25, 0.3) is 5.91 Å². The van der Waals surface area contributed by atoms with Crippen LogP contribution >= 0.6 is 0 Å². The Bertz CT molecular complexity index is 709. The molecule has 2 aliphatic heterocycles. The number of hydrogen-bond donors (Lipinski definition) is 0. The zero-order chi connectivity index (χ0) is 18.1. The number of piperidine rings is 1. The van der Waals surface area contributed by atoms with E-state index in [1.807, 2.05) is 0 Å². The maximum Gasteiger partial charge on any atom is 0.254 e. The van der Waals surface area contributed by atoms with Gasteiger partial charge in [-0.2, -0.15) is 4.39 Å². The summed E-state index contributed by atoms with van der Waals surface area (Å²) in [6.45, 7) is 0.511. The maximum absolute atomic E-state index is 13.3. The number of fused-ring (bicyclic) bond motifs is 1. The Morgan fingerprint density at radius 3 is 2.76 bits per heavy atom. The van der Waals surface area contributed by atoms with Crippen molar-refractivity contribution in [2.24, 2.45) is 0 Å². The van der Waals surface area contributed by atoms with Crippen molar-refractivity contribution < 1.29 is 18.8 Å². The number of rotatable bonds is 3. The molecule has 25 heavy (non-hydrogen) atoms. The number of carbonyl (C=O) groups is 3.